The van der Waals surface area contributed by atoms with Crippen molar-refractivity contribution in [1.82, 2.24) is 0 Å². The summed E-state index contributed by atoms with van der Waals surface area (Å²) in [7, 11) is 0. The summed E-state index contributed by atoms with van der Waals surface area (Å²) < 4.78 is 40.0. The van der Waals surface area contributed by atoms with Crippen LogP contribution in [0.5, 0.6) is 5.75 Å². The molecule has 0 unspecified atom stereocenters. The van der Waals surface area contributed by atoms with Crippen molar-refractivity contribution >= 4 is 21.9 Å². The van der Waals surface area contributed by atoms with E-state index in [4.69, 9.17) is 9.15 Å². The van der Waals surface area contributed by atoms with E-state index in [-0.39, 0.29) is 16.9 Å². The molecule has 2 aromatic carbocycles. The third-order valence-electron chi connectivity index (χ3n) is 4.07. The number of hydrogen-bond donors (Lipinski definition) is 0. The lowest BCUT2D eigenvalue weighted by molar-refractivity contribution is 0.277. The Morgan fingerprint density at radius 1 is 1.00 bits per heavy atom. The molecule has 0 bridgehead atoms. The lowest BCUT2D eigenvalue weighted by Crippen LogP contribution is -2.02. The molecule has 4 heteroatoms. The molecule has 1 aromatic heterocycles. The normalized spacial score (nSPS) is 11.7. The Balaban J connectivity index is 2.07. The standard InChI is InChI=1S/C19H20F2O2/c1-4-12-5-6-13-14-7-8-15(22-10-9-11(2)3)17(21)19(14)23-18(13)16(12)20/h5-8,11H,4,9-10H2,1-3H3. The van der Waals surface area contributed by atoms with E-state index in [1.165, 1.54) is 0 Å². The van der Waals surface area contributed by atoms with Gasteiger partial charge in [0, 0.05) is 10.8 Å². The van der Waals surface area contributed by atoms with Crippen LogP contribution in [0, 0.1) is 17.6 Å². The van der Waals surface area contributed by atoms with Crippen LogP contribution in [0.25, 0.3) is 21.9 Å². The van der Waals surface area contributed by atoms with Crippen LogP contribution in [0.3, 0.4) is 0 Å². The van der Waals surface area contributed by atoms with Gasteiger partial charge in [-0.15, -0.1) is 0 Å². The molecule has 0 spiro atoms. The van der Waals surface area contributed by atoms with E-state index in [0.717, 1.165) is 6.42 Å². The molecule has 122 valence electrons. The third-order valence-corrected chi connectivity index (χ3v) is 4.07. The average molecular weight is 318 g/mol. The van der Waals surface area contributed by atoms with Crippen molar-refractivity contribution in [2.45, 2.75) is 33.6 Å². The Bertz CT molecular complexity index is 850. The zero-order chi connectivity index (χ0) is 16.6. The zero-order valence-corrected chi connectivity index (χ0v) is 13.6. The smallest absolute Gasteiger partial charge is 0.208 e. The summed E-state index contributed by atoms with van der Waals surface area (Å²) in [6, 6.07) is 6.80. The predicted molar refractivity (Wildman–Crippen MR) is 88.0 cm³/mol. The van der Waals surface area contributed by atoms with E-state index >= 15 is 0 Å². The molecule has 0 aliphatic rings. The number of hydrogen-bond acceptors (Lipinski definition) is 2. The topological polar surface area (TPSA) is 22.4 Å². The van der Waals surface area contributed by atoms with Crippen molar-refractivity contribution in [2.24, 2.45) is 5.92 Å². The fourth-order valence-electron chi connectivity index (χ4n) is 2.65. The number of rotatable bonds is 5. The van der Waals surface area contributed by atoms with Crippen molar-refractivity contribution in [3.63, 3.8) is 0 Å². The molecule has 0 N–H and O–H groups in total. The molecule has 0 fully saturated rings. The van der Waals surface area contributed by atoms with E-state index in [0.29, 0.717) is 35.3 Å². The third kappa shape index (κ3) is 2.78. The summed E-state index contributed by atoms with van der Waals surface area (Å²) in [5.74, 6) is -0.356. The van der Waals surface area contributed by atoms with E-state index in [1.807, 2.05) is 6.92 Å². The van der Waals surface area contributed by atoms with Crippen LogP contribution in [-0.4, -0.2) is 6.61 Å². The van der Waals surface area contributed by atoms with Gasteiger partial charge in [-0.05, 0) is 42.5 Å². The van der Waals surface area contributed by atoms with Crippen LogP contribution in [0.4, 0.5) is 8.78 Å². The second-order valence-corrected chi connectivity index (χ2v) is 6.16. The second-order valence-electron chi connectivity index (χ2n) is 6.16. The first-order valence-electron chi connectivity index (χ1n) is 7.97. The minimum absolute atomic E-state index is 0.0502. The number of ether oxygens (including phenoxy) is 1. The maximum absolute atomic E-state index is 14.6. The van der Waals surface area contributed by atoms with Crippen LogP contribution in [0.15, 0.2) is 28.7 Å². The van der Waals surface area contributed by atoms with Gasteiger partial charge in [0.05, 0.1) is 6.61 Å². The first kappa shape index (κ1) is 15.8. The van der Waals surface area contributed by atoms with Gasteiger partial charge in [-0.2, -0.15) is 4.39 Å². The highest BCUT2D eigenvalue weighted by atomic mass is 19.1. The van der Waals surface area contributed by atoms with E-state index in [9.17, 15) is 8.78 Å². The van der Waals surface area contributed by atoms with Crippen molar-refractivity contribution < 1.29 is 17.9 Å². The molecular weight excluding hydrogens is 298 g/mol. The molecular formula is C19H20F2O2. The van der Waals surface area contributed by atoms with Gasteiger partial charge in [-0.1, -0.05) is 26.8 Å². The minimum atomic E-state index is -0.570. The highest BCUT2D eigenvalue weighted by Gasteiger charge is 2.19. The van der Waals surface area contributed by atoms with Crippen LogP contribution in [0.2, 0.25) is 0 Å². The molecule has 0 radical (unpaired) electrons. The van der Waals surface area contributed by atoms with E-state index in [1.54, 1.807) is 24.3 Å². The van der Waals surface area contributed by atoms with Gasteiger partial charge in [0.1, 0.15) is 0 Å². The van der Waals surface area contributed by atoms with E-state index < -0.39 is 11.6 Å². The minimum Gasteiger partial charge on any atom is -0.490 e. The quantitative estimate of drug-likeness (QED) is 0.588. The molecule has 1 heterocycles. The summed E-state index contributed by atoms with van der Waals surface area (Å²) in [5, 5.41) is 1.15. The molecule has 0 saturated carbocycles. The summed E-state index contributed by atoms with van der Waals surface area (Å²) in [6.45, 7) is 6.47. The number of benzene rings is 2. The highest BCUT2D eigenvalue weighted by Crippen LogP contribution is 2.36. The second kappa shape index (κ2) is 6.19. The monoisotopic (exact) mass is 318 g/mol. The lowest BCUT2D eigenvalue weighted by atomic mass is 10.1. The highest BCUT2D eigenvalue weighted by molar-refractivity contribution is 6.05. The zero-order valence-electron chi connectivity index (χ0n) is 13.6. The molecule has 23 heavy (non-hydrogen) atoms. The Morgan fingerprint density at radius 2 is 1.65 bits per heavy atom. The number of furan rings is 1. The predicted octanol–water partition coefficient (Wildman–Crippen LogP) is 5.85. The van der Waals surface area contributed by atoms with Crippen molar-refractivity contribution in [1.29, 1.82) is 0 Å². The van der Waals surface area contributed by atoms with Crippen molar-refractivity contribution in [3.05, 3.63) is 41.5 Å². The number of halogens is 2. The summed E-state index contributed by atoms with van der Waals surface area (Å²) in [6.07, 6.45) is 1.40. The molecule has 0 atom stereocenters. The molecule has 0 saturated heterocycles. The van der Waals surface area contributed by atoms with Gasteiger partial charge in [0.25, 0.3) is 0 Å². The van der Waals surface area contributed by atoms with Gasteiger partial charge in [0.15, 0.2) is 22.7 Å². The lowest BCUT2D eigenvalue weighted by Gasteiger charge is -2.08. The molecule has 0 aliphatic carbocycles. The van der Waals surface area contributed by atoms with E-state index in [2.05, 4.69) is 13.8 Å². The summed E-state index contributed by atoms with van der Waals surface area (Å²) in [4.78, 5) is 0. The largest absolute Gasteiger partial charge is 0.490 e. The fourth-order valence-corrected chi connectivity index (χ4v) is 2.65. The number of aryl methyl sites for hydroxylation is 1. The van der Waals surface area contributed by atoms with Gasteiger partial charge in [-0.3, -0.25) is 0 Å². The van der Waals surface area contributed by atoms with Crippen LogP contribution in [-0.2, 0) is 6.42 Å². The van der Waals surface area contributed by atoms with Gasteiger partial charge < -0.3 is 9.15 Å². The summed E-state index contributed by atoms with van der Waals surface area (Å²) >= 11 is 0. The van der Waals surface area contributed by atoms with Crippen LogP contribution >= 0.6 is 0 Å². The van der Waals surface area contributed by atoms with Gasteiger partial charge in [0.2, 0.25) is 5.82 Å². The Hall–Kier alpha value is -2.10. The Morgan fingerprint density at radius 3 is 2.30 bits per heavy atom. The maximum Gasteiger partial charge on any atom is 0.208 e. The first-order valence-corrected chi connectivity index (χ1v) is 7.97. The van der Waals surface area contributed by atoms with Crippen LogP contribution in [0.1, 0.15) is 32.8 Å². The SMILES string of the molecule is CCc1ccc2c(oc3c(F)c(OCCC(C)C)ccc32)c1F. The fraction of sp³-hybridized carbons (Fsp3) is 0.368. The molecule has 3 aromatic rings. The Kier molecular flexibility index (Phi) is 4.24. The van der Waals surface area contributed by atoms with Crippen molar-refractivity contribution in [3.8, 4) is 5.75 Å². The number of fused-ring (bicyclic) bond motifs is 3. The van der Waals surface area contributed by atoms with Gasteiger partial charge >= 0.3 is 0 Å². The molecule has 3 rings (SSSR count). The molecule has 0 aliphatic heterocycles. The first-order chi connectivity index (χ1) is 11.0. The average Bonchev–Trinajstić information content (AvgIpc) is 2.90. The van der Waals surface area contributed by atoms with Crippen LogP contribution < -0.4 is 4.74 Å². The van der Waals surface area contributed by atoms with Gasteiger partial charge in [-0.25, -0.2) is 4.39 Å². The maximum atomic E-state index is 14.6. The molecule has 0 amide bonds. The van der Waals surface area contributed by atoms with Crippen molar-refractivity contribution in [2.75, 3.05) is 6.61 Å². The summed E-state index contributed by atoms with van der Waals surface area (Å²) in [5.41, 5.74) is 0.720. The Labute approximate surface area is 134 Å². The molecule has 2 nitrogen and oxygen atoms in total.